The molecule has 2 aromatic carbocycles. The number of amides is 2. The lowest BCUT2D eigenvalue weighted by molar-refractivity contribution is 0.191. The van der Waals surface area contributed by atoms with Gasteiger partial charge in [0.1, 0.15) is 12.7 Å². The second kappa shape index (κ2) is 8.66. The highest BCUT2D eigenvalue weighted by Crippen LogP contribution is 2.22. The molecule has 0 radical (unpaired) electrons. The maximum absolute atomic E-state index is 12.7. The van der Waals surface area contributed by atoms with Crippen molar-refractivity contribution in [3.8, 4) is 5.69 Å². The molecule has 0 saturated carbocycles. The highest BCUT2D eigenvalue weighted by atomic mass is 32.2. The van der Waals surface area contributed by atoms with E-state index in [1.165, 1.54) is 12.6 Å². The summed E-state index contributed by atoms with van der Waals surface area (Å²) in [6, 6.07) is 13.7. The van der Waals surface area contributed by atoms with Crippen molar-refractivity contribution in [3.63, 3.8) is 0 Å². The lowest BCUT2D eigenvalue weighted by atomic mass is 10.1. The van der Waals surface area contributed by atoms with Gasteiger partial charge in [-0.2, -0.15) is 5.10 Å². The minimum atomic E-state index is -3.25. The summed E-state index contributed by atoms with van der Waals surface area (Å²) >= 11 is 0. The number of carbonyl (C=O) groups excluding carboxylic acids is 1. The van der Waals surface area contributed by atoms with Crippen LogP contribution in [0.5, 0.6) is 0 Å². The normalized spacial score (nSPS) is 13.5. The third-order valence-electron chi connectivity index (χ3n) is 5.11. The van der Waals surface area contributed by atoms with Crippen molar-refractivity contribution >= 4 is 15.9 Å². The van der Waals surface area contributed by atoms with Gasteiger partial charge < -0.3 is 10.2 Å². The van der Waals surface area contributed by atoms with Crippen LogP contribution < -0.4 is 5.32 Å². The highest BCUT2D eigenvalue weighted by molar-refractivity contribution is 7.90. The first-order chi connectivity index (χ1) is 14.2. The van der Waals surface area contributed by atoms with Crippen LogP contribution in [0.4, 0.5) is 4.79 Å². The molecule has 3 rings (SSSR count). The zero-order chi connectivity index (χ0) is 21.9. The van der Waals surface area contributed by atoms with Gasteiger partial charge in [0.25, 0.3) is 0 Å². The van der Waals surface area contributed by atoms with Gasteiger partial charge in [0, 0.05) is 13.3 Å². The van der Waals surface area contributed by atoms with Crippen LogP contribution in [0.15, 0.2) is 66.1 Å². The van der Waals surface area contributed by atoms with E-state index >= 15 is 0 Å². The molecule has 0 bridgehead atoms. The van der Waals surface area contributed by atoms with Crippen molar-refractivity contribution < 1.29 is 13.2 Å². The lowest BCUT2D eigenvalue weighted by Crippen LogP contribution is -2.39. The van der Waals surface area contributed by atoms with Crippen LogP contribution in [-0.2, 0) is 9.84 Å². The zero-order valence-corrected chi connectivity index (χ0v) is 18.2. The topological polar surface area (TPSA) is 97.2 Å². The van der Waals surface area contributed by atoms with Crippen LogP contribution in [-0.4, -0.2) is 47.4 Å². The molecule has 2 amide bonds. The number of benzene rings is 2. The van der Waals surface area contributed by atoms with Crippen molar-refractivity contribution in [2.24, 2.45) is 0 Å². The van der Waals surface area contributed by atoms with E-state index in [0.29, 0.717) is 0 Å². The molecule has 1 N–H and O–H groups in total. The van der Waals surface area contributed by atoms with Gasteiger partial charge in [-0.15, -0.1) is 0 Å². The molecular formula is C21H25N5O3S. The monoisotopic (exact) mass is 427 g/mol. The van der Waals surface area contributed by atoms with E-state index in [1.54, 1.807) is 47.2 Å². The number of sulfone groups is 1. The number of nitrogens with one attached hydrogen (secondary N) is 1. The van der Waals surface area contributed by atoms with E-state index in [2.05, 4.69) is 15.4 Å². The van der Waals surface area contributed by atoms with E-state index < -0.39 is 9.84 Å². The fourth-order valence-corrected chi connectivity index (χ4v) is 3.65. The molecule has 2 unspecified atom stereocenters. The fraction of sp³-hybridized carbons (Fsp3) is 0.286. The average Bonchev–Trinajstić information content (AvgIpc) is 3.27. The SMILES string of the molecule is CC(NC(=O)N(C)C(C)c1ccc(-n2cncn2)cc1)c1ccc(S(C)(=O)=O)cc1. The molecule has 0 saturated heterocycles. The Morgan fingerprint density at radius 2 is 1.63 bits per heavy atom. The molecule has 3 aromatic rings. The third kappa shape index (κ3) is 4.85. The predicted molar refractivity (Wildman–Crippen MR) is 114 cm³/mol. The number of nitrogens with zero attached hydrogens (tertiary/aromatic N) is 4. The summed E-state index contributed by atoms with van der Waals surface area (Å²) in [7, 11) is -1.50. The van der Waals surface area contributed by atoms with E-state index in [1.807, 2.05) is 38.1 Å². The van der Waals surface area contributed by atoms with Crippen LogP contribution in [0.3, 0.4) is 0 Å². The Morgan fingerprint density at radius 1 is 1.03 bits per heavy atom. The van der Waals surface area contributed by atoms with E-state index in [-0.39, 0.29) is 23.0 Å². The van der Waals surface area contributed by atoms with Crippen LogP contribution in [0.25, 0.3) is 5.69 Å². The maximum atomic E-state index is 12.7. The van der Waals surface area contributed by atoms with Crippen molar-refractivity contribution in [1.82, 2.24) is 25.0 Å². The number of hydrogen-bond donors (Lipinski definition) is 1. The molecular weight excluding hydrogens is 402 g/mol. The fourth-order valence-electron chi connectivity index (χ4n) is 3.02. The molecule has 30 heavy (non-hydrogen) atoms. The largest absolute Gasteiger partial charge is 0.331 e. The summed E-state index contributed by atoms with van der Waals surface area (Å²) in [6.45, 7) is 3.81. The smallest absolute Gasteiger partial charge is 0.318 e. The molecule has 0 aliphatic carbocycles. The standard InChI is InChI=1S/C21H25N5O3S/c1-15(17-7-11-20(12-8-17)30(4,28)29)24-21(27)25(3)16(2)18-5-9-19(10-6-18)26-14-22-13-23-26/h5-16H,1-4H3,(H,24,27). The molecule has 0 aliphatic rings. The maximum Gasteiger partial charge on any atom is 0.318 e. The van der Waals surface area contributed by atoms with Gasteiger partial charge in [0.15, 0.2) is 9.84 Å². The highest BCUT2D eigenvalue weighted by Gasteiger charge is 2.20. The molecule has 0 fully saturated rings. The third-order valence-corrected chi connectivity index (χ3v) is 6.24. The molecule has 1 aromatic heterocycles. The minimum absolute atomic E-state index is 0.144. The molecule has 158 valence electrons. The Hall–Kier alpha value is -3.20. The first-order valence-corrected chi connectivity index (χ1v) is 11.3. The van der Waals surface area contributed by atoms with E-state index in [0.717, 1.165) is 16.8 Å². The van der Waals surface area contributed by atoms with E-state index in [9.17, 15) is 13.2 Å². The van der Waals surface area contributed by atoms with Crippen molar-refractivity contribution in [2.75, 3.05) is 13.3 Å². The summed E-state index contributed by atoms with van der Waals surface area (Å²) in [5.41, 5.74) is 2.71. The summed E-state index contributed by atoms with van der Waals surface area (Å²) in [5, 5.41) is 7.06. The second-order valence-corrected chi connectivity index (χ2v) is 9.25. The molecule has 1 heterocycles. The molecule has 0 spiro atoms. The van der Waals surface area contributed by atoms with Crippen LogP contribution in [0, 0.1) is 0 Å². The lowest BCUT2D eigenvalue weighted by Gasteiger charge is -2.27. The quantitative estimate of drug-likeness (QED) is 0.652. The van der Waals surface area contributed by atoms with Crippen molar-refractivity contribution in [3.05, 3.63) is 72.3 Å². The Balaban J connectivity index is 1.64. The van der Waals surface area contributed by atoms with E-state index in [4.69, 9.17) is 0 Å². The van der Waals surface area contributed by atoms with Crippen molar-refractivity contribution in [2.45, 2.75) is 30.8 Å². The molecule has 0 aliphatic heterocycles. The van der Waals surface area contributed by atoms with Crippen LogP contribution in [0.2, 0.25) is 0 Å². The van der Waals surface area contributed by atoms with Gasteiger partial charge in [-0.3, -0.25) is 0 Å². The number of urea groups is 1. The Kier molecular flexibility index (Phi) is 6.21. The predicted octanol–water partition coefficient (Wildman–Crippen LogP) is 3.13. The Morgan fingerprint density at radius 3 is 2.17 bits per heavy atom. The minimum Gasteiger partial charge on any atom is -0.331 e. The Labute approximate surface area is 176 Å². The van der Waals surface area contributed by atoms with Gasteiger partial charge in [-0.05, 0) is 49.2 Å². The van der Waals surface area contributed by atoms with Gasteiger partial charge in [0.2, 0.25) is 0 Å². The van der Waals surface area contributed by atoms with Gasteiger partial charge in [-0.1, -0.05) is 24.3 Å². The second-order valence-electron chi connectivity index (χ2n) is 7.23. The van der Waals surface area contributed by atoms with Gasteiger partial charge in [-0.25, -0.2) is 22.9 Å². The number of aromatic nitrogens is 3. The number of rotatable bonds is 6. The van der Waals surface area contributed by atoms with Crippen LogP contribution >= 0.6 is 0 Å². The number of carbonyl (C=O) groups is 1. The summed E-state index contributed by atoms with van der Waals surface area (Å²) in [6.07, 6.45) is 4.27. The summed E-state index contributed by atoms with van der Waals surface area (Å²) in [5.74, 6) is 0. The Bertz CT molecular complexity index is 1090. The van der Waals surface area contributed by atoms with Gasteiger partial charge >= 0.3 is 6.03 Å². The molecule has 8 nitrogen and oxygen atoms in total. The molecule has 2 atom stereocenters. The summed E-state index contributed by atoms with van der Waals surface area (Å²) in [4.78, 5) is 18.5. The molecule has 9 heteroatoms. The van der Waals surface area contributed by atoms with Gasteiger partial charge in [0.05, 0.1) is 22.7 Å². The van der Waals surface area contributed by atoms with Crippen molar-refractivity contribution in [1.29, 1.82) is 0 Å². The summed E-state index contributed by atoms with van der Waals surface area (Å²) < 4.78 is 24.9. The first-order valence-electron chi connectivity index (χ1n) is 9.45. The average molecular weight is 428 g/mol. The number of hydrogen-bond acceptors (Lipinski definition) is 5. The zero-order valence-electron chi connectivity index (χ0n) is 17.4. The van der Waals surface area contributed by atoms with Crippen LogP contribution in [0.1, 0.15) is 37.1 Å². The first kappa shape index (κ1) is 21.5.